The topological polar surface area (TPSA) is 132 Å². The van der Waals surface area contributed by atoms with Crippen LogP contribution < -0.4 is 10.2 Å². The van der Waals surface area contributed by atoms with E-state index in [-0.39, 0.29) is 30.7 Å². The van der Waals surface area contributed by atoms with Gasteiger partial charge in [-0.3, -0.25) is 14.6 Å². The second-order valence-corrected chi connectivity index (χ2v) is 8.17. The number of aromatic nitrogens is 2. The van der Waals surface area contributed by atoms with Crippen LogP contribution in [0, 0.1) is 11.3 Å². The maximum Gasteiger partial charge on any atom is 0.304 e. The van der Waals surface area contributed by atoms with Gasteiger partial charge in [-0.25, -0.2) is 0 Å². The number of likely N-dealkylation sites (N-methyl/N-ethyl adjacent to an activating group) is 1. The van der Waals surface area contributed by atoms with Crippen molar-refractivity contribution in [3.05, 3.63) is 77.6 Å². The van der Waals surface area contributed by atoms with Crippen LogP contribution in [0.15, 0.2) is 65.2 Å². The Labute approximate surface area is 201 Å². The second kappa shape index (κ2) is 10.1. The number of fused-ring (bicyclic) bond motifs is 1. The third-order valence-electron chi connectivity index (χ3n) is 5.62. The molecule has 0 radical (unpaired) electrons. The fourth-order valence-corrected chi connectivity index (χ4v) is 3.63. The highest BCUT2D eigenvalue weighted by Gasteiger charge is 2.16. The van der Waals surface area contributed by atoms with Gasteiger partial charge >= 0.3 is 5.97 Å². The fourth-order valence-electron chi connectivity index (χ4n) is 3.63. The van der Waals surface area contributed by atoms with E-state index < -0.39 is 5.97 Å². The molecular formula is C26H23N5O4. The van der Waals surface area contributed by atoms with E-state index in [1.54, 1.807) is 62.6 Å². The van der Waals surface area contributed by atoms with Gasteiger partial charge in [0, 0.05) is 18.7 Å². The molecule has 2 N–H and O–H groups in total. The minimum absolute atomic E-state index is 0.00665. The van der Waals surface area contributed by atoms with Crippen LogP contribution in [-0.4, -0.2) is 34.0 Å². The van der Waals surface area contributed by atoms with E-state index in [2.05, 4.69) is 21.4 Å². The summed E-state index contributed by atoms with van der Waals surface area (Å²) >= 11 is 0. The number of anilines is 3. The smallest absolute Gasteiger partial charge is 0.304 e. The molecule has 176 valence electrons. The molecule has 0 aliphatic heterocycles. The molecule has 0 aliphatic rings. The first-order valence-corrected chi connectivity index (χ1v) is 10.9. The van der Waals surface area contributed by atoms with Gasteiger partial charge in [-0.15, -0.1) is 0 Å². The minimum Gasteiger partial charge on any atom is -0.481 e. The molecule has 1 unspecified atom stereocenters. The highest BCUT2D eigenvalue weighted by molar-refractivity contribution is 5.94. The monoisotopic (exact) mass is 469 g/mol. The van der Waals surface area contributed by atoms with Crippen molar-refractivity contribution >= 4 is 40.4 Å². The number of para-hydroxylation sites is 1. The first-order valence-electron chi connectivity index (χ1n) is 10.9. The number of aliphatic carboxylic acids is 1. The van der Waals surface area contributed by atoms with Gasteiger partial charge in [0.15, 0.2) is 5.58 Å². The summed E-state index contributed by atoms with van der Waals surface area (Å²) in [5.74, 6) is -1.24. The molecule has 2 aromatic carbocycles. The van der Waals surface area contributed by atoms with Crippen LogP contribution in [0.3, 0.4) is 0 Å². The lowest BCUT2D eigenvalue weighted by atomic mass is 10.0. The van der Waals surface area contributed by atoms with E-state index in [4.69, 9.17) is 9.52 Å². The molecule has 0 fully saturated rings. The summed E-state index contributed by atoms with van der Waals surface area (Å²) in [6.07, 6.45) is 1.71. The summed E-state index contributed by atoms with van der Waals surface area (Å²) in [5, 5.41) is 21.2. The number of carboxylic acid groups (broad SMARTS) is 1. The number of rotatable bonds is 8. The summed E-state index contributed by atoms with van der Waals surface area (Å²) in [6, 6.07) is 18.3. The Balaban J connectivity index is 1.44. The second-order valence-electron chi connectivity index (χ2n) is 8.17. The summed E-state index contributed by atoms with van der Waals surface area (Å²) in [4.78, 5) is 34.0. The van der Waals surface area contributed by atoms with Crippen molar-refractivity contribution in [2.24, 2.45) is 0 Å². The van der Waals surface area contributed by atoms with Crippen LogP contribution >= 0.6 is 0 Å². The van der Waals surface area contributed by atoms with Gasteiger partial charge < -0.3 is 19.7 Å². The number of carboxylic acids is 1. The van der Waals surface area contributed by atoms with Gasteiger partial charge in [-0.1, -0.05) is 25.1 Å². The molecular weight excluding hydrogens is 446 g/mol. The zero-order valence-electron chi connectivity index (χ0n) is 19.2. The first kappa shape index (κ1) is 23.4. The average Bonchev–Trinajstić information content (AvgIpc) is 3.25. The van der Waals surface area contributed by atoms with E-state index in [1.165, 1.54) is 4.90 Å². The maximum absolute atomic E-state index is 12.9. The van der Waals surface area contributed by atoms with E-state index in [1.807, 2.05) is 12.1 Å². The van der Waals surface area contributed by atoms with Crippen LogP contribution in [0.1, 0.15) is 36.1 Å². The lowest BCUT2D eigenvalue weighted by Crippen LogP contribution is -2.28. The molecule has 2 heterocycles. The molecule has 0 saturated heterocycles. The summed E-state index contributed by atoms with van der Waals surface area (Å²) in [6.45, 7) is 1.80. The molecule has 4 aromatic rings. The van der Waals surface area contributed by atoms with Crippen LogP contribution in [-0.2, 0) is 16.0 Å². The van der Waals surface area contributed by atoms with Gasteiger partial charge in [0.05, 0.1) is 36.0 Å². The highest BCUT2D eigenvalue weighted by atomic mass is 16.4. The largest absolute Gasteiger partial charge is 0.481 e. The lowest BCUT2D eigenvalue weighted by Gasteiger charge is -2.18. The van der Waals surface area contributed by atoms with Crippen molar-refractivity contribution in [2.75, 3.05) is 17.3 Å². The number of nitrogens with one attached hydrogen (secondary N) is 1. The Bertz CT molecular complexity index is 1420. The van der Waals surface area contributed by atoms with Gasteiger partial charge in [0.25, 0.3) is 6.01 Å². The zero-order chi connectivity index (χ0) is 24.9. The number of nitriles is 1. The Morgan fingerprint density at radius 1 is 1.20 bits per heavy atom. The molecule has 1 atom stereocenters. The van der Waals surface area contributed by atoms with Crippen molar-refractivity contribution in [2.45, 2.75) is 25.7 Å². The predicted octanol–water partition coefficient (Wildman–Crippen LogP) is 4.62. The highest BCUT2D eigenvalue weighted by Crippen LogP contribution is 2.25. The fraction of sp³-hybridized carbons (Fsp3) is 0.192. The Hall–Kier alpha value is -4.71. The lowest BCUT2D eigenvalue weighted by molar-refractivity contribution is -0.137. The molecule has 4 rings (SSSR count). The van der Waals surface area contributed by atoms with Gasteiger partial charge in [-0.05, 0) is 42.0 Å². The standard InChI is InChI=1S/C26H23N5O4/c1-16(11-25(33)34)20-10-8-19(15-28-20)31(2)24(32)13-17-7-9-22-23(12-17)35-26(30-22)29-21-6-4-3-5-18(21)14-27/h3-10,12,15-16H,11,13H2,1-2H3,(H,29,30)(H,33,34). The Morgan fingerprint density at radius 3 is 2.71 bits per heavy atom. The Kier molecular flexibility index (Phi) is 6.73. The predicted molar refractivity (Wildman–Crippen MR) is 130 cm³/mol. The maximum atomic E-state index is 12.9. The molecule has 0 spiro atoms. The zero-order valence-corrected chi connectivity index (χ0v) is 19.2. The third kappa shape index (κ3) is 5.45. The molecule has 0 saturated carbocycles. The molecule has 0 aliphatic carbocycles. The van der Waals surface area contributed by atoms with Gasteiger partial charge in [-0.2, -0.15) is 10.2 Å². The van der Waals surface area contributed by atoms with E-state index in [0.717, 1.165) is 5.56 Å². The normalized spacial score (nSPS) is 11.6. The van der Waals surface area contributed by atoms with E-state index in [9.17, 15) is 14.9 Å². The summed E-state index contributed by atoms with van der Waals surface area (Å²) in [7, 11) is 1.67. The van der Waals surface area contributed by atoms with Crippen LogP contribution in [0.2, 0.25) is 0 Å². The number of benzene rings is 2. The SMILES string of the molecule is CC(CC(=O)O)c1ccc(N(C)C(=O)Cc2ccc3nc(Nc4ccccc4C#N)oc3c2)cn1. The van der Waals surface area contributed by atoms with E-state index >= 15 is 0 Å². The number of amides is 1. The summed E-state index contributed by atoms with van der Waals surface area (Å²) < 4.78 is 5.79. The average molecular weight is 470 g/mol. The quantitative estimate of drug-likeness (QED) is 0.382. The number of carbonyl (C=O) groups is 2. The first-order chi connectivity index (χ1) is 16.8. The third-order valence-corrected chi connectivity index (χ3v) is 5.62. The number of hydrogen-bond acceptors (Lipinski definition) is 7. The van der Waals surface area contributed by atoms with Gasteiger partial charge in [0.2, 0.25) is 5.91 Å². The number of pyridine rings is 1. The van der Waals surface area contributed by atoms with E-state index in [0.29, 0.717) is 33.7 Å². The Morgan fingerprint density at radius 2 is 2.00 bits per heavy atom. The summed E-state index contributed by atoms with van der Waals surface area (Å²) in [5.41, 5.74) is 4.25. The molecule has 0 bridgehead atoms. The minimum atomic E-state index is -0.880. The molecule has 35 heavy (non-hydrogen) atoms. The molecule has 1 amide bonds. The van der Waals surface area contributed by atoms with Crippen molar-refractivity contribution in [1.82, 2.24) is 9.97 Å². The number of hydrogen-bond donors (Lipinski definition) is 2. The van der Waals surface area contributed by atoms with Crippen molar-refractivity contribution in [1.29, 1.82) is 5.26 Å². The van der Waals surface area contributed by atoms with Crippen molar-refractivity contribution < 1.29 is 19.1 Å². The number of nitrogens with zero attached hydrogens (tertiary/aromatic N) is 4. The van der Waals surface area contributed by atoms with Gasteiger partial charge in [0.1, 0.15) is 11.6 Å². The van der Waals surface area contributed by atoms with Crippen molar-refractivity contribution in [3.63, 3.8) is 0 Å². The van der Waals surface area contributed by atoms with Crippen LogP contribution in [0.4, 0.5) is 17.4 Å². The molecule has 2 aromatic heterocycles. The molecule has 9 heteroatoms. The number of oxazole rings is 1. The van der Waals surface area contributed by atoms with Crippen LogP contribution in [0.5, 0.6) is 0 Å². The number of carbonyl (C=O) groups excluding carboxylic acids is 1. The van der Waals surface area contributed by atoms with Crippen LogP contribution in [0.25, 0.3) is 11.1 Å². The van der Waals surface area contributed by atoms with Crippen molar-refractivity contribution in [3.8, 4) is 6.07 Å². The molecule has 9 nitrogen and oxygen atoms in total.